The molecule has 0 atom stereocenters. The van der Waals surface area contributed by atoms with E-state index in [1.165, 1.54) is 6.07 Å². The molecule has 0 amide bonds. The topological polar surface area (TPSA) is 66.4 Å². The maximum atomic E-state index is 12.9. The third-order valence-electron chi connectivity index (χ3n) is 3.50. The predicted octanol–water partition coefficient (Wildman–Crippen LogP) is 2.29. The van der Waals surface area contributed by atoms with Gasteiger partial charge in [0.05, 0.1) is 16.6 Å². The fourth-order valence-corrected chi connectivity index (χ4v) is 3.94. The second-order valence-corrected chi connectivity index (χ2v) is 6.80. The minimum atomic E-state index is -4.73. The van der Waals surface area contributed by atoms with Crippen molar-refractivity contribution in [3.8, 4) is 0 Å². The summed E-state index contributed by atoms with van der Waals surface area (Å²) in [6.45, 7) is 0. The van der Waals surface area contributed by atoms with Crippen LogP contribution >= 0.6 is 0 Å². The number of benzene rings is 1. The molecule has 118 valence electrons. The summed E-state index contributed by atoms with van der Waals surface area (Å²) >= 11 is 0. The molecular weight excluding hydrogens is 307 g/mol. The van der Waals surface area contributed by atoms with Crippen LogP contribution in [0.4, 0.5) is 13.2 Å². The van der Waals surface area contributed by atoms with Gasteiger partial charge in [-0.15, -0.1) is 0 Å². The van der Waals surface area contributed by atoms with Crippen LogP contribution < -0.4 is 4.72 Å². The Balaban J connectivity index is 2.24. The van der Waals surface area contributed by atoms with Crippen molar-refractivity contribution >= 4 is 10.0 Å². The van der Waals surface area contributed by atoms with Crippen LogP contribution in [-0.4, -0.2) is 25.7 Å². The molecule has 1 aromatic carbocycles. The van der Waals surface area contributed by atoms with Crippen LogP contribution in [0.25, 0.3) is 0 Å². The summed E-state index contributed by atoms with van der Waals surface area (Å²) in [5.41, 5.74) is -1.17. The average Bonchev–Trinajstić information content (AvgIpc) is 2.40. The van der Waals surface area contributed by atoms with Gasteiger partial charge in [-0.05, 0) is 37.8 Å². The van der Waals surface area contributed by atoms with Crippen LogP contribution in [-0.2, 0) is 16.2 Å². The molecule has 1 aliphatic carbocycles. The molecule has 0 aliphatic heterocycles. The Hall–Kier alpha value is -1.12. The second kappa shape index (κ2) is 5.94. The third kappa shape index (κ3) is 3.96. The van der Waals surface area contributed by atoms with Crippen molar-refractivity contribution in [3.05, 3.63) is 29.8 Å². The Bertz CT molecular complexity index is 593. The summed E-state index contributed by atoms with van der Waals surface area (Å²) in [5, 5.41) is 9.37. The SMILES string of the molecule is O=S(=O)(NC1CCC(O)CC1)c1ccccc1C(F)(F)F. The van der Waals surface area contributed by atoms with E-state index in [0.29, 0.717) is 25.7 Å². The molecule has 2 N–H and O–H groups in total. The first kappa shape index (κ1) is 16.3. The molecule has 0 radical (unpaired) electrons. The molecule has 0 unspecified atom stereocenters. The van der Waals surface area contributed by atoms with E-state index in [1.807, 2.05) is 0 Å². The molecule has 4 nitrogen and oxygen atoms in total. The van der Waals surface area contributed by atoms with Crippen molar-refractivity contribution in [2.24, 2.45) is 0 Å². The van der Waals surface area contributed by atoms with E-state index >= 15 is 0 Å². The van der Waals surface area contributed by atoms with E-state index in [2.05, 4.69) is 4.72 Å². The van der Waals surface area contributed by atoms with Crippen LogP contribution in [0.2, 0.25) is 0 Å². The Morgan fingerprint density at radius 1 is 1.10 bits per heavy atom. The molecule has 1 aliphatic rings. The lowest BCUT2D eigenvalue weighted by Crippen LogP contribution is -2.39. The van der Waals surface area contributed by atoms with Gasteiger partial charge in [-0.25, -0.2) is 13.1 Å². The van der Waals surface area contributed by atoms with E-state index < -0.39 is 38.8 Å². The highest BCUT2D eigenvalue weighted by molar-refractivity contribution is 7.89. The zero-order valence-electron chi connectivity index (χ0n) is 11.1. The molecule has 2 rings (SSSR count). The van der Waals surface area contributed by atoms with Gasteiger partial charge >= 0.3 is 6.18 Å². The number of sulfonamides is 1. The standard InChI is InChI=1S/C13H16F3NO3S/c14-13(15,16)11-3-1-2-4-12(11)21(19,20)17-9-5-7-10(18)8-6-9/h1-4,9-10,17-18H,5-8H2. The van der Waals surface area contributed by atoms with Gasteiger partial charge in [-0.3, -0.25) is 0 Å². The number of alkyl halides is 3. The van der Waals surface area contributed by atoms with E-state index in [-0.39, 0.29) is 0 Å². The molecule has 1 aromatic rings. The molecule has 0 saturated heterocycles. The molecule has 0 spiro atoms. The molecular formula is C13H16F3NO3S. The fraction of sp³-hybridized carbons (Fsp3) is 0.538. The molecule has 0 bridgehead atoms. The normalized spacial score (nSPS) is 24.0. The van der Waals surface area contributed by atoms with Crippen LogP contribution in [0.1, 0.15) is 31.2 Å². The lowest BCUT2D eigenvalue weighted by molar-refractivity contribution is -0.139. The number of nitrogens with one attached hydrogen (secondary N) is 1. The van der Waals surface area contributed by atoms with Gasteiger partial charge < -0.3 is 5.11 Å². The summed E-state index contributed by atoms with van der Waals surface area (Å²) in [6.07, 6.45) is -3.49. The van der Waals surface area contributed by atoms with Gasteiger partial charge in [0.15, 0.2) is 0 Å². The summed E-state index contributed by atoms with van der Waals surface area (Å²) < 4.78 is 65.3. The average molecular weight is 323 g/mol. The van der Waals surface area contributed by atoms with Crippen LogP contribution in [0.15, 0.2) is 29.2 Å². The van der Waals surface area contributed by atoms with Crippen LogP contribution in [0.3, 0.4) is 0 Å². The first-order chi connectivity index (χ1) is 9.70. The highest BCUT2D eigenvalue weighted by Crippen LogP contribution is 2.34. The lowest BCUT2D eigenvalue weighted by atomic mass is 9.94. The summed E-state index contributed by atoms with van der Waals surface area (Å²) in [7, 11) is -4.24. The van der Waals surface area contributed by atoms with Crippen molar-refractivity contribution in [3.63, 3.8) is 0 Å². The quantitative estimate of drug-likeness (QED) is 0.897. The second-order valence-electron chi connectivity index (χ2n) is 5.12. The minimum Gasteiger partial charge on any atom is -0.393 e. The van der Waals surface area contributed by atoms with Gasteiger partial charge in [0.2, 0.25) is 10.0 Å². The first-order valence-electron chi connectivity index (χ1n) is 6.57. The number of hydrogen-bond acceptors (Lipinski definition) is 3. The Morgan fingerprint density at radius 2 is 1.67 bits per heavy atom. The van der Waals surface area contributed by atoms with Crippen LogP contribution in [0.5, 0.6) is 0 Å². The van der Waals surface area contributed by atoms with Crippen molar-refractivity contribution < 1.29 is 26.7 Å². The van der Waals surface area contributed by atoms with Crippen LogP contribution in [0, 0.1) is 0 Å². The lowest BCUT2D eigenvalue weighted by Gasteiger charge is -2.26. The Morgan fingerprint density at radius 3 is 2.24 bits per heavy atom. The van der Waals surface area contributed by atoms with Crippen molar-refractivity contribution in [2.75, 3.05) is 0 Å². The number of hydrogen-bond donors (Lipinski definition) is 2. The van der Waals surface area contributed by atoms with E-state index in [0.717, 1.165) is 18.2 Å². The monoisotopic (exact) mass is 323 g/mol. The van der Waals surface area contributed by atoms with E-state index in [9.17, 15) is 26.7 Å². The molecule has 1 fully saturated rings. The first-order valence-corrected chi connectivity index (χ1v) is 8.05. The largest absolute Gasteiger partial charge is 0.417 e. The zero-order chi connectivity index (χ0) is 15.7. The number of halogens is 3. The van der Waals surface area contributed by atoms with E-state index in [1.54, 1.807) is 0 Å². The maximum Gasteiger partial charge on any atom is 0.417 e. The van der Waals surface area contributed by atoms with Crippen molar-refractivity contribution in [2.45, 2.75) is 48.9 Å². The predicted molar refractivity (Wildman–Crippen MR) is 70.0 cm³/mol. The smallest absolute Gasteiger partial charge is 0.393 e. The molecule has 8 heteroatoms. The number of aliphatic hydroxyl groups is 1. The Labute approximate surface area is 121 Å². The van der Waals surface area contributed by atoms with E-state index in [4.69, 9.17) is 0 Å². The van der Waals surface area contributed by atoms with Crippen molar-refractivity contribution in [1.82, 2.24) is 4.72 Å². The molecule has 21 heavy (non-hydrogen) atoms. The summed E-state index contributed by atoms with van der Waals surface area (Å²) in [6, 6.07) is 3.66. The highest BCUT2D eigenvalue weighted by atomic mass is 32.2. The number of aliphatic hydroxyl groups excluding tert-OH is 1. The fourth-order valence-electron chi connectivity index (χ4n) is 2.41. The zero-order valence-corrected chi connectivity index (χ0v) is 11.9. The van der Waals surface area contributed by atoms with Gasteiger partial charge in [-0.1, -0.05) is 12.1 Å². The maximum absolute atomic E-state index is 12.9. The van der Waals surface area contributed by atoms with Crippen molar-refractivity contribution in [1.29, 1.82) is 0 Å². The molecule has 0 aromatic heterocycles. The Kier molecular flexibility index (Phi) is 4.60. The molecule has 1 saturated carbocycles. The summed E-state index contributed by atoms with van der Waals surface area (Å²) in [5.74, 6) is 0. The summed E-state index contributed by atoms with van der Waals surface area (Å²) in [4.78, 5) is -0.761. The van der Waals surface area contributed by atoms with Gasteiger partial charge in [0.1, 0.15) is 0 Å². The van der Waals surface area contributed by atoms with Gasteiger partial charge in [0, 0.05) is 6.04 Å². The number of rotatable bonds is 3. The van der Waals surface area contributed by atoms with Gasteiger partial charge in [-0.2, -0.15) is 13.2 Å². The minimum absolute atomic E-state index is 0.411. The molecule has 0 heterocycles. The third-order valence-corrected chi connectivity index (χ3v) is 5.08. The van der Waals surface area contributed by atoms with Gasteiger partial charge in [0.25, 0.3) is 0 Å². The highest BCUT2D eigenvalue weighted by Gasteiger charge is 2.37.